The van der Waals surface area contributed by atoms with Crippen molar-refractivity contribution in [3.8, 4) is 11.6 Å². The van der Waals surface area contributed by atoms with E-state index >= 15 is 0 Å². The monoisotopic (exact) mass is 310 g/mol. The lowest BCUT2D eigenvalue weighted by molar-refractivity contribution is 0.461. The number of hydrogen-bond acceptors (Lipinski definition) is 3. The van der Waals surface area contributed by atoms with Crippen LogP contribution in [0.25, 0.3) is 0 Å². The molecule has 0 bridgehead atoms. The molecule has 1 aromatic heterocycles. The van der Waals surface area contributed by atoms with Gasteiger partial charge in [-0.25, -0.2) is 4.98 Å². The Kier molecular flexibility index (Phi) is 5.24. The van der Waals surface area contributed by atoms with Gasteiger partial charge >= 0.3 is 0 Å². The lowest BCUT2D eigenvalue weighted by atomic mass is 10.2. The van der Waals surface area contributed by atoms with Crippen LogP contribution in [0.4, 0.5) is 0 Å². The fourth-order valence-electron chi connectivity index (χ4n) is 1.59. The van der Waals surface area contributed by atoms with Gasteiger partial charge in [-0.05, 0) is 29.8 Å². The van der Waals surface area contributed by atoms with Crippen molar-refractivity contribution in [3.05, 3.63) is 52.1 Å². The van der Waals surface area contributed by atoms with E-state index in [1.165, 1.54) is 0 Å². The minimum Gasteiger partial charge on any atom is -0.439 e. The summed E-state index contributed by atoms with van der Waals surface area (Å²) >= 11 is 12.0. The molecule has 2 aromatic rings. The van der Waals surface area contributed by atoms with Gasteiger partial charge in [-0.3, -0.25) is 0 Å². The van der Waals surface area contributed by atoms with Crippen LogP contribution in [-0.2, 0) is 6.54 Å². The average Bonchev–Trinajstić information content (AvgIpc) is 2.42. The van der Waals surface area contributed by atoms with Gasteiger partial charge in [0.1, 0.15) is 5.75 Å². The molecule has 0 saturated heterocycles. The number of rotatable bonds is 5. The van der Waals surface area contributed by atoms with Crippen LogP contribution in [0, 0.1) is 0 Å². The standard InChI is InChI=1S/C15H16Cl2N2O/c1-10(2)18-8-11-7-15(19-9-14(11)17)20-13-5-3-12(16)4-6-13/h3-7,9-10,18H,8H2,1-2H3. The zero-order valence-corrected chi connectivity index (χ0v) is 12.9. The Labute approximate surface area is 128 Å². The van der Waals surface area contributed by atoms with Crippen molar-refractivity contribution in [1.29, 1.82) is 0 Å². The molecule has 5 heteroatoms. The highest BCUT2D eigenvalue weighted by atomic mass is 35.5. The predicted molar refractivity (Wildman–Crippen MR) is 82.7 cm³/mol. The fourth-order valence-corrected chi connectivity index (χ4v) is 1.88. The normalized spacial score (nSPS) is 10.8. The van der Waals surface area contributed by atoms with Crippen molar-refractivity contribution < 1.29 is 4.74 Å². The first-order valence-electron chi connectivity index (χ1n) is 6.36. The van der Waals surface area contributed by atoms with Crippen LogP contribution in [0.5, 0.6) is 11.6 Å². The van der Waals surface area contributed by atoms with Crippen molar-refractivity contribution in [1.82, 2.24) is 10.3 Å². The molecule has 0 saturated carbocycles. The van der Waals surface area contributed by atoms with Gasteiger partial charge in [-0.2, -0.15) is 0 Å². The summed E-state index contributed by atoms with van der Waals surface area (Å²) in [5.41, 5.74) is 0.958. The smallest absolute Gasteiger partial charge is 0.219 e. The van der Waals surface area contributed by atoms with E-state index in [0.29, 0.717) is 34.3 Å². The molecule has 0 aliphatic rings. The highest BCUT2D eigenvalue weighted by molar-refractivity contribution is 6.31. The first kappa shape index (κ1) is 15.1. The summed E-state index contributed by atoms with van der Waals surface area (Å²) in [6, 6.07) is 9.36. The summed E-state index contributed by atoms with van der Waals surface area (Å²) in [5, 5.41) is 4.61. The number of ether oxygens (including phenoxy) is 1. The molecule has 106 valence electrons. The topological polar surface area (TPSA) is 34.1 Å². The minimum atomic E-state index is 0.389. The number of aromatic nitrogens is 1. The lowest BCUT2D eigenvalue weighted by Crippen LogP contribution is -2.22. The Morgan fingerprint density at radius 3 is 2.55 bits per heavy atom. The van der Waals surface area contributed by atoms with E-state index in [0.717, 1.165) is 5.56 Å². The van der Waals surface area contributed by atoms with Gasteiger partial charge in [0.2, 0.25) is 5.88 Å². The Morgan fingerprint density at radius 2 is 1.90 bits per heavy atom. The van der Waals surface area contributed by atoms with E-state index in [1.807, 2.05) is 6.07 Å². The molecule has 1 aromatic carbocycles. The minimum absolute atomic E-state index is 0.389. The maximum Gasteiger partial charge on any atom is 0.219 e. The zero-order chi connectivity index (χ0) is 14.5. The largest absolute Gasteiger partial charge is 0.439 e. The first-order valence-corrected chi connectivity index (χ1v) is 7.11. The molecule has 2 rings (SSSR count). The summed E-state index contributed by atoms with van der Waals surface area (Å²) in [6.45, 7) is 4.84. The van der Waals surface area contributed by atoms with E-state index in [9.17, 15) is 0 Å². The molecule has 0 atom stereocenters. The molecule has 3 nitrogen and oxygen atoms in total. The third-order valence-corrected chi connectivity index (χ3v) is 3.24. The third-order valence-electron chi connectivity index (χ3n) is 2.65. The maximum absolute atomic E-state index is 6.13. The number of benzene rings is 1. The van der Waals surface area contributed by atoms with Crippen LogP contribution in [0.1, 0.15) is 19.4 Å². The quantitative estimate of drug-likeness (QED) is 0.870. The molecule has 0 aliphatic heterocycles. The molecule has 0 radical (unpaired) electrons. The van der Waals surface area contributed by atoms with Gasteiger partial charge in [-0.15, -0.1) is 0 Å². The fraction of sp³-hybridized carbons (Fsp3) is 0.267. The van der Waals surface area contributed by atoms with E-state index in [2.05, 4.69) is 24.1 Å². The molecule has 0 spiro atoms. The van der Waals surface area contributed by atoms with Gasteiger partial charge in [0, 0.05) is 29.9 Å². The highest BCUT2D eigenvalue weighted by Crippen LogP contribution is 2.25. The predicted octanol–water partition coefficient (Wildman–Crippen LogP) is 4.68. The number of pyridine rings is 1. The summed E-state index contributed by atoms with van der Waals surface area (Å²) in [6.07, 6.45) is 1.60. The molecular weight excluding hydrogens is 295 g/mol. The SMILES string of the molecule is CC(C)NCc1cc(Oc2ccc(Cl)cc2)ncc1Cl. The van der Waals surface area contributed by atoms with Crippen LogP contribution in [-0.4, -0.2) is 11.0 Å². The molecular formula is C15H16Cl2N2O. The van der Waals surface area contributed by atoms with Gasteiger partial charge in [0.15, 0.2) is 0 Å². The van der Waals surface area contributed by atoms with E-state index < -0.39 is 0 Å². The molecule has 1 N–H and O–H groups in total. The molecule has 1 heterocycles. The van der Waals surface area contributed by atoms with Crippen molar-refractivity contribution in [2.24, 2.45) is 0 Å². The van der Waals surface area contributed by atoms with Crippen LogP contribution in [0.3, 0.4) is 0 Å². The maximum atomic E-state index is 6.13. The van der Waals surface area contributed by atoms with E-state index in [1.54, 1.807) is 30.5 Å². The van der Waals surface area contributed by atoms with E-state index in [-0.39, 0.29) is 0 Å². The summed E-state index contributed by atoms with van der Waals surface area (Å²) in [5.74, 6) is 1.20. The number of halogens is 2. The van der Waals surface area contributed by atoms with Crippen molar-refractivity contribution in [2.45, 2.75) is 26.4 Å². The summed E-state index contributed by atoms with van der Waals surface area (Å²) in [4.78, 5) is 4.17. The Balaban J connectivity index is 2.12. The van der Waals surface area contributed by atoms with Gasteiger partial charge in [0.25, 0.3) is 0 Å². The molecule has 0 aliphatic carbocycles. The molecule has 20 heavy (non-hydrogen) atoms. The summed E-state index contributed by atoms with van der Waals surface area (Å²) < 4.78 is 5.68. The lowest BCUT2D eigenvalue weighted by Gasteiger charge is -2.11. The average molecular weight is 311 g/mol. The number of nitrogens with one attached hydrogen (secondary N) is 1. The Hall–Kier alpha value is -1.29. The summed E-state index contributed by atoms with van der Waals surface area (Å²) in [7, 11) is 0. The number of hydrogen-bond donors (Lipinski definition) is 1. The second kappa shape index (κ2) is 6.93. The van der Waals surface area contributed by atoms with Crippen LogP contribution < -0.4 is 10.1 Å². The van der Waals surface area contributed by atoms with Crippen molar-refractivity contribution >= 4 is 23.2 Å². The first-order chi connectivity index (χ1) is 9.54. The second-order valence-electron chi connectivity index (χ2n) is 4.71. The van der Waals surface area contributed by atoms with Crippen LogP contribution in [0.15, 0.2) is 36.5 Å². The highest BCUT2D eigenvalue weighted by Gasteiger charge is 2.06. The van der Waals surface area contributed by atoms with Crippen LogP contribution in [0.2, 0.25) is 10.0 Å². The van der Waals surface area contributed by atoms with Gasteiger partial charge < -0.3 is 10.1 Å². The van der Waals surface area contributed by atoms with Crippen LogP contribution >= 0.6 is 23.2 Å². The Bertz CT molecular complexity index is 571. The molecule has 0 fully saturated rings. The van der Waals surface area contributed by atoms with Gasteiger partial charge in [0.05, 0.1) is 5.02 Å². The zero-order valence-electron chi connectivity index (χ0n) is 11.4. The third kappa shape index (κ3) is 4.37. The van der Waals surface area contributed by atoms with E-state index in [4.69, 9.17) is 27.9 Å². The van der Waals surface area contributed by atoms with Crippen molar-refractivity contribution in [2.75, 3.05) is 0 Å². The molecule has 0 unspecified atom stereocenters. The second-order valence-corrected chi connectivity index (χ2v) is 5.55. The molecule has 0 amide bonds. The van der Waals surface area contributed by atoms with Gasteiger partial charge in [-0.1, -0.05) is 37.0 Å². The number of nitrogens with zero attached hydrogens (tertiary/aromatic N) is 1. The van der Waals surface area contributed by atoms with Crippen molar-refractivity contribution in [3.63, 3.8) is 0 Å². The Morgan fingerprint density at radius 1 is 1.20 bits per heavy atom.